The van der Waals surface area contributed by atoms with Crippen LogP contribution in [0.4, 0.5) is 4.39 Å². The van der Waals surface area contributed by atoms with Gasteiger partial charge < -0.3 is 14.5 Å². The van der Waals surface area contributed by atoms with Gasteiger partial charge in [0.1, 0.15) is 5.76 Å². The van der Waals surface area contributed by atoms with Gasteiger partial charge >= 0.3 is 0 Å². The molecule has 1 aliphatic rings. The van der Waals surface area contributed by atoms with Crippen molar-refractivity contribution in [1.29, 1.82) is 0 Å². The summed E-state index contributed by atoms with van der Waals surface area (Å²) in [6, 6.07) is 7.07. The van der Waals surface area contributed by atoms with Crippen LogP contribution in [0.15, 0.2) is 28.7 Å². The Bertz CT molecular complexity index is 560. The van der Waals surface area contributed by atoms with Crippen molar-refractivity contribution >= 4 is 11.0 Å². The Kier molecular flexibility index (Phi) is 3.53. The van der Waals surface area contributed by atoms with Gasteiger partial charge in [-0.2, -0.15) is 0 Å². The van der Waals surface area contributed by atoms with E-state index < -0.39 is 0 Å². The number of hydrogen-bond donors (Lipinski definition) is 1. The molecule has 1 aromatic heterocycles. The summed E-state index contributed by atoms with van der Waals surface area (Å²) in [5, 5.41) is 4.12. The van der Waals surface area contributed by atoms with E-state index in [9.17, 15) is 4.39 Å². The van der Waals surface area contributed by atoms with Crippen molar-refractivity contribution in [2.75, 3.05) is 20.3 Å². The lowest BCUT2D eigenvalue weighted by Gasteiger charge is -2.28. The van der Waals surface area contributed by atoms with Gasteiger partial charge in [-0.15, -0.1) is 0 Å². The second-order valence-corrected chi connectivity index (χ2v) is 5.02. The number of halogens is 1. The van der Waals surface area contributed by atoms with E-state index in [4.69, 9.17) is 9.15 Å². The highest BCUT2D eigenvalue weighted by atomic mass is 19.1. The molecule has 0 saturated carbocycles. The molecule has 1 fully saturated rings. The number of nitrogens with one attached hydrogen (secondary N) is 1. The van der Waals surface area contributed by atoms with E-state index >= 15 is 0 Å². The first-order valence-electron chi connectivity index (χ1n) is 6.72. The number of rotatable bonds is 3. The molecule has 1 N–H and O–H groups in total. The minimum Gasteiger partial charge on any atom is -0.456 e. The van der Waals surface area contributed by atoms with Gasteiger partial charge in [-0.3, -0.25) is 0 Å². The first kappa shape index (κ1) is 12.6. The monoisotopic (exact) mass is 263 g/mol. The first-order chi connectivity index (χ1) is 9.29. The average molecular weight is 263 g/mol. The minimum atomic E-state index is -0.300. The van der Waals surface area contributed by atoms with Gasteiger partial charge in [0, 0.05) is 18.6 Å². The van der Waals surface area contributed by atoms with Gasteiger partial charge in [0.2, 0.25) is 0 Å². The molecular formula is C15H18FNO2. The predicted octanol–water partition coefficient (Wildman–Crippen LogP) is 3.26. The summed E-state index contributed by atoms with van der Waals surface area (Å²) in [4.78, 5) is 0. The van der Waals surface area contributed by atoms with Crippen LogP contribution in [0, 0.1) is 11.7 Å². The summed E-state index contributed by atoms with van der Waals surface area (Å²) in [6.45, 7) is 1.58. The molecule has 0 radical (unpaired) electrons. The predicted molar refractivity (Wildman–Crippen MR) is 71.5 cm³/mol. The van der Waals surface area contributed by atoms with E-state index in [1.54, 1.807) is 6.07 Å². The summed E-state index contributed by atoms with van der Waals surface area (Å²) < 4.78 is 24.8. The van der Waals surface area contributed by atoms with Crippen molar-refractivity contribution in [3.8, 4) is 0 Å². The Hall–Kier alpha value is -1.39. The molecule has 0 aliphatic carbocycles. The quantitative estimate of drug-likeness (QED) is 0.923. The summed E-state index contributed by atoms with van der Waals surface area (Å²) >= 11 is 0. The van der Waals surface area contributed by atoms with Gasteiger partial charge in [-0.1, -0.05) is 12.1 Å². The van der Waals surface area contributed by atoms with E-state index in [0.717, 1.165) is 37.2 Å². The van der Waals surface area contributed by atoms with Gasteiger partial charge in [0.15, 0.2) is 11.4 Å². The van der Waals surface area contributed by atoms with E-state index in [2.05, 4.69) is 5.32 Å². The van der Waals surface area contributed by atoms with E-state index in [0.29, 0.717) is 11.5 Å². The first-order valence-corrected chi connectivity index (χ1v) is 6.72. The number of furan rings is 1. The molecule has 0 spiro atoms. The molecule has 19 heavy (non-hydrogen) atoms. The molecule has 2 aromatic rings. The van der Waals surface area contributed by atoms with Crippen molar-refractivity contribution in [3.05, 3.63) is 35.8 Å². The second kappa shape index (κ2) is 5.31. The SMILES string of the molecule is CNC(c1cc2cccc(F)c2o1)C1CCOCC1. The third kappa shape index (κ3) is 2.38. The molecular weight excluding hydrogens is 245 g/mol. The van der Waals surface area contributed by atoms with Crippen molar-refractivity contribution < 1.29 is 13.5 Å². The third-order valence-electron chi connectivity index (χ3n) is 3.87. The molecule has 0 bridgehead atoms. The summed E-state index contributed by atoms with van der Waals surface area (Å²) in [6.07, 6.45) is 2.01. The molecule has 0 amide bonds. The summed E-state index contributed by atoms with van der Waals surface area (Å²) in [5.74, 6) is 0.988. The number of ether oxygens (including phenoxy) is 1. The van der Waals surface area contributed by atoms with E-state index in [1.807, 2.05) is 19.2 Å². The highest BCUT2D eigenvalue weighted by molar-refractivity contribution is 5.78. The zero-order valence-corrected chi connectivity index (χ0v) is 11.0. The van der Waals surface area contributed by atoms with Crippen molar-refractivity contribution in [1.82, 2.24) is 5.32 Å². The fourth-order valence-electron chi connectivity index (χ4n) is 2.86. The summed E-state index contributed by atoms with van der Waals surface area (Å²) in [5.41, 5.74) is 0.352. The second-order valence-electron chi connectivity index (χ2n) is 5.02. The van der Waals surface area contributed by atoms with E-state index in [1.165, 1.54) is 6.07 Å². The third-order valence-corrected chi connectivity index (χ3v) is 3.87. The van der Waals surface area contributed by atoms with Crippen LogP contribution in [0.5, 0.6) is 0 Å². The number of benzene rings is 1. The normalized spacial score (nSPS) is 18.8. The molecule has 3 rings (SSSR count). The molecule has 4 heteroatoms. The molecule has 3 nitrogen and oxygen atoms in total. The standard InChI is InChI=1S/C15H18FNO2/c1-17-14(10-5-7-18-8-6-10)13-9-11-3-2-4-12(16)15(11)19-13/h2-4,9-10,14,17H,5-8H2,1H3. The maximum Gasteiger partial charge on any atom is 0.169 e. The number of fused-ring (bicyclic) bond motifs is 1. The smallest absolute Gasteiger partial charge is 0.169 e. The molecule has 1 atom stereocenters. The largest absolute Gasteiger partial charge is 0.456 e. The number of para-hydroxylation sites is 1. The Morgan fingerprint density at radius 2 is 2.11 bits per heavy atom. The molecule has 1 unspecified atom stereocenters. The van der Waals surface area contributed by atoms with E-state index in [-0.39, 0.29) is 11.9 Å². The summed E-state index contributed by atoms with van der Waals surface area (Å²) in [7, 11) is 1.92. The van der Waals surface area contributed by atoms with Crippen molar-refractivity contribution in [2.45, 2.75) is 18.9 Å². The highest BCUT2D eigenvalue weighted by Crippen LogP contribution is 2.33. The lowest BCUT2D eigenvalue weighted by molar-refractivity contribution is 0.0520. The van der Waals surface area contributed by atoms with Crippen LogP contribution in [0.2, 0.25) is 0 Å². The van der Waals surface area contributed by atoms with Crippen LogP contribution in [-0.4, -0.2) is 20.3 Å². The molecule has 1 saturated heterocycles. The fourth-order valence-corrected chi connectivity index (χ4v) is 2.86. The lowest BCUT2D eigenvalue weighted by Crippen LogP contribution is -2.29. The molecule has 1 aromatic carbocycles. The maximum absolute atomic E-state index is 13.7. The van der Waals surface area contributed by atoms with Crippen molar-refractivity contribution in [3.63, 3.8) is 0 Å². The van der Waals surface area contributed by atoms with Crippen molar-refractivity contribution in [2.24, 2.45) is 5.92 Å². The van der Waals surface area contributed by atoms with Crippen LogP contribution < -0.4 is 5.32 Å². The van der Waals surface area contributed by atoms with Crippen LogP contribution in [-0.2, 0) is 4.74 Å². The van der Waals surface area contributed by atoms with Crippen LogP contribution in [0.1, 0.15) is 24.6 Å². The minimum absolute atomic E-state index is 0.121. The Balaban J connectivity index is 1.94. The zero-order valence-electron chi connectivity index (χ0n) is 11.0. The Labute approximate surface area is 111 Å². The lowest BCUT2D eigenvalue weighted by atomic mass is 9.90. The molecule has 2 heterocycles. The van der Waals surface area contributed by atoms with Gasteiger partial charge in [-0.25, -0.2) is 4.39 Å². The highest BCUT2D eigenvalue weighted by Gasteiger charge is 2.27. The average Bonchev–Trinajstić information content (AvgIpc) is 2.86. The van der Waals surface area contributed by atoms with Gasteiger partial charge in [0.05, 0.1) is 6.04 Å². The fraction of sp³-hybridized carbons (Fsp3) is 0.467. The zero-order chi connectivity index (χ0) is 13.2. The van der Waals surface area contributed by atoms with Crippen LogP contribution in [0.25, 0.3) is 11.0 Å². The topological polar surface area (TPSA) is 34.4 Å². The maximum atomic E-state index is 13.7. The Morgan fingerprint density at radius 1 is 1.32 bits per heavy atom. The number of hydrogen-bond acceptors (Lipinski definition) is 3. The molecule has 1 aliphatic heterocycles. The van der Waals surface area contributed by atoms with Crippen LogP contribution in [0.3, 0.4) is 0 Å². The van der Waals surface area contributed by atoms with Gasteiger partial charge in [-0.05, 0) is 37.9 Å². The molecule has 102 valence electrons. The Morgan fingerprint density at radius 3 is 2.79 bits per heavy atom. The van der Waals surface area contributed by atoms with Gasteiger partial charge in [0.25, 0.3) is 0 Å². The van der Waals surface area contributed by atoms with Crippen LogP contribution >= 0.6 is 0 Å².